The van der Waals surface area contributed by atoms with E-state index >= 15 is 0 Å². The van der Waals surface area contributed by atoms with E-state index < -0.39 is 18.1 Å². The molecular formula is C22H20ClN3O4. The van der Waals surface area contributed by atoms with Crippen LogP contribution in [0.25, 0.3) is 11.1 Å². The number of primary amides is 1. The molecule has 30 heavy (non-hydrogen) atoms. The van der Waals surface area contributed by atoms with E-state index in [-0.39, 0.29) is 5.56 Å². The Balaban J connectivity index is 1.92. The molecule has 0 spiro atoms. The van der Waals surface area contributed by atoms with Crippen LogP contribution < -0.4 is 21.1 Å². The molecule has 1 unspecified atom stereocenters. The second-order valence-corrected chi connectivity index (χ2v) is 6.73. The summed E-state index contributed by atoms with van der Waals surface area (Å²) in [6.45, 7) is 0. The maximum Gasteiger partial charge on any atom is 0.327 e. The van der Waals surface area contributed by atoms with Crippen molar-refractivity contribution in [3.05, 3.63) is 82.9 Å². The number of ether oxygens (including phenoxy) is 1. The molecule has 0 radical (unpaired) electrons. The summed E-state index contributed by atoms with van der Waals surface area (Å²) in [5.41, 5.74) is 7.29. The molecule has 3 aromatic carbocycles. The van der Waals surface area contributed by atoms with Gasteiger partial charge in [-0.3, -0.25) is 5.32 Å². The Bertz CT molecular complexity index is 1120. The van der Waals surface area contributed by atoms with Crippen molar-refractivity contribution in [2.75, 3.05) is 12.4 Å². The van der Waals surface area contributed by atoms with E-state index in [1.807, 2.05) is 11.4 Å². The first kappa shape index (κ1) is 19.8. The van der Waals surface area contributed by atoms with Gasteiger partial charge in [-0.2, -0.15) is 0 Å². The zero-order valence-corrected chi connectivity index (χ0v) is 16.7. The van der Waals surface area contributed by atoms with Crippen LogP contribution in [-0.2, 0) is 0 Å². The summed E-state index contributed by atoms with van der Waals surface area (Å²) in [6.07, 6.45) is -2.08. The van der Waals surface area contributed by atoms with Crippen molar-refractivity contribution in [2.24, 2.45) is 5.73 Å². The van der Waals surface area contributed by atoms with Crippen LogP contribution in [0.3, 0.4) is 0 Å². The maximum absolute atomic E-state index is 11.6. The summed E-state index contributed by atoms with van der Waals surface area (Å²) in [6, 6.07) is 16.3. The number of halogens is 1. The Morgan fingerprint density at radius 3 is 2.43 bits per heavy atom. The molecule has 7 nitrogen and oxygen atoms in total. The van der Waals surface area contributed by atoms with Gasteiger partial charge in [0.1, 0.15) is 11.8 Å². The number of carbonyl (C=O) groups excluding carboxylic acids is 2. The number of anilines is 1. The van der Waals surface area contributed by atoms with Crippen LogP contribution in [0.1, 0.15) is 18.6 Å². The molecule has 0 aliphatic rings. The second kappa shape index (κ2) is 9.30. The van der Waals surface area contributed by atoms with Crippen molar-refractivity contribution < 1.29 is 20.8 Å². The average Bonchev–Trinajstić information content (AvgIpc) is 2.73. The van der Waals surface area contributed by atoms with Gasteiger partial charge >= 0.3 is 12.1 Å². The quantitative estimate of drug-likeness (QED) is 0.487. The van der Waals surface area contributed by atoms with Crippen molar-refractivity contribution in [2.45, 2.75) is 6.08 Å². The van der Waals surface area contributed by atoms with Gasteiger partial charge in [-0.25, -0.2) is 9.59 Å². The molecule has 154 valence electrons. The molecule has 0 heterocycles. The van der Waals surface area contributed by atoms with E-state index in [4.69, 9.17) is 23.4 Å². The minimum Gasteiger partial charge on any atom is -0.496 e. The van der Waals surface area contributed by atoms with Crippen molar-refractivity contribution in [1.82, 2.24) is 5.32 Å². The smallest absolute Gasteiger partial charge is 0.327 e. The summed E-state index contributed by atoms with van der Waals surface area (Å²) in [5, 5.41) is 15.8. The number of methoxy groups -OCH3 is 1. The largest absolute Gasteiger partial charge is 0.496 e. The number of carbonyl (C=O) groups is 2. The highest BCUT2D eigenvalue weighted by Crippen LogP contribution is 2.35. The molecule has 3 rings (SSSR count). The Kier molecular flexibility index (Phi) is 6.12. The molecule has 0 aromatic heterocycles. The number of aliphatic hydroxyl groups is 1. The van der Waals surface area contributed by atoms with Gasteiger partial charge in [0, 0.05) is 16.3 Å². The average molecular weight is 427 g/mol. The Morgan fingerprint density at radius 1 is 1.10 bits per heavy atom. The van der Waals surface area contributed by atoms with Gasteiger partial charge in [0.25, 0.3) is 0 Å². The number of urea groups is 2. The van der Waals surface area contributed by atoms with Gasteiger partial charge < -0.3 is 20.9 Å². The highest BCUT2D eigenvalue weighted by atomic mass is 35.5. The molecule has 0 aliphatic heterocycles. The molecule has 0 aliphatic carbocycles. The standard InChI is InChI=1S/C22H20ClN3O4/c1-30-19-10-7-15(12-18(19)14-3-2-4-16(23)11-14)20(27)13-5-8-17(9-6-13)25-22(29)26-21(24)28/h2-12,20,27H,1H3,(H4,24,25,26,28,29)/i20D. The first-order valence-corrected chi connectivity index (χ1v) is 9.23. The van der Waals surface area contributed by atoms with Crippen LogP contribution in [0, 0.1) is 0 Å². The number of nitrogens with two attached hydrogens (primary N) is 1. The van der Waals surface area contributed by atoms with Crippen LogP contribution in [0.2, 0.25) is 5.02 Å². The monoisotopic (exact) mass is 426 g/mol. The summed E-state index contributed by atoms with van der Waals surface area (Å²) in [4.78, 5) is 22.3. The lowest BCUT2D eigenvalue weighted by molar-refractivity contribution is 0.220. The Labute approximate surface area is 179 Å². The van der Waals surface area contributed by atoms with Crippen LogP contribution in [0.4, 0.5) is 15.3 Å². The van der Waals surface area contributed by atoms with Gasteiger partial charge in [-0.1, -0.05) is 41.9 Å². The summed E-state index contributed by atoms with van der Waals surface area (Å²) in [7, 11) is 1.54. The molecule has 4 amide bonds. The van der Waals surface area contributed by atoms with Gasteiger partial charge in [0.05, 0.1) is 8.48 Å². The lowest BCUT2D eigenvalue weighted by atomic mass is 9.96. The number of hydrogen-bond donors (Lipinski definition) is 4. The number of benzene rings is 3. The third-order valence-electron chi connectivity index (χ3n) is 4.26. The molecule has 0 fully saturated rings. The molecule has 3 aromatic rings. The van der Waals surface area contributed by atoms with E-state index in [9.17, 15) is 14.7 Å². The number of nitrogens with one attached hydrogen (secondary N) is 2. The minimum absolute atomic E-state index is 0.274. The van der Waals surface area contributed by atoms with Gasteiger partial charge in [-0.15, -0.1) is 0 Å². The topological polar surface area (TPSA) is 114 Å². The normalized spacial score (nSPS) is 13.0. The van der Waals surface area contributed by atoms with Crippen molar-refractivity contribution in [3.8, 4) is 16.9 Å². The fourth-order valence-corrected chi connectivity index (χ4v) is 3.08. The Hall–Kier alpha value is -3.55. The molecule has 1 atom stereocenters. The van der Waals surface area contributed by atoms with Crippen LogP contribution in [0.15, 0.2) is 66.7 Å². The zero-order chi connectivity index (χ0) is 22.6. The number of hydrogen-bond acceptors (Lipinski definition) is 4. The SMILES string of the molecule is [2H]C(O)(c1ccc(NC(=O)NC(N)=O)cc1)c1ccc(OC)c(-c2cccc(Cl)c2)c1. The minimum atomic E-state index is -2.08. The van der Waals surface area contributed by atoms with Crippen molar-refractivity contribution >= 4 is 29.4 Å². The third-order valence-corrected chi connectivity index (χ3v) is 4.50. The highest BCUT2D eigenvalue weighted by molar-refractivity contribution is 6.30. The summed E-state index contributed by atoms with van der Waals surface area (Å²) in [5.74, 6) is 0.571. The molecule has 8 heteroatoms. The molecule has 5 N–H and O–H groups in total. The Morgan fingerprint density at radius 2 is 1.80 bits per heavy atom. The van der Waals surface area contributed by atoms with Crippen LogP contribution in [0.5, 0.6) is 5.75 Å². The lowest BCUT2D eigenvalue weighted by Gasteiger charge is -2.16. The summed E-state index contributed by atoms with van der Waals surface area (Å²) < 4.78 is 14.0. The lowest BCUT2D eigenvalue weighted by Crippen LogP contribution is -2.38. The molecule has 0 bridgehead atoms. The predicted octanol–water partition coefficient (Wildman–Crippen LogP) is 4.30. The van der Waals surface area contributed by atoms with Crippen molar-refractivity contribution in [1.29, 1.82) is 0 Å². The second-order valence-electron chi connectivity index (χ2n) is 6.29. The van der Waals surface area contributed by atoms with Gasteiger partial charge in [0.2, 0.25) is 0 Å². The number of imide groups is 1. The van der Waals surface area contributed by atoms with E-state index in [1.165, 1.54) is 31.4 Å². The van der Waals surface area contributed by atoms with Gasteiger partial charge in [0.15, 0.2) is 0 Å². The first-order valence-electron chi connectivity index (χ1n) is 9.35. The number of amides is 4. The van der Waals surface area contributed by atoms with E-state index in [1.54, 1.807) is 36.4 Å². The molecular weight excluding hydrogens is 406 g/mol. The zero-order valence-electron chi connectivity index (χ0n) is 17.0. The van der Waals surface area contributed by atoms with E-state index in [2.05, 4.69) is 5.32 Å². The molecule has 0 saturated heterocycles. The third kappa shape index (κ3) is 5.08. The number of rotatable bonds is 5. The van der Waals surface area contributed by atoms with Crippen molar-refractivity contribution in [3.63, 3.8) is 0 Å². The fraction of sp³-hybridized carbons (Fsp3) is 0.0909. The fourth-order valence-electron chi connectivity index (χ4n) is 2.89. The van der Waals surface area contributed by atoms with Crippen LogP contribution in [-0.4, -0.2) is 24.3 Å². The van der Waals surface area contributed by atoms with E-state index in [0.717, 1.165) is 5.56 Å². The maximum atomic E-state index is 11.6. The highest BCUT2D eigenvalue weighted by Gasteiger charge is 2.15. The molecule has 0 saturated carbocycles. The van der Waals surface area contributed by atoms with Gasteiger partial charge in [-0.05, 0) is 53.1 Å². The first-order chi connectivity index (χ1) is 14.7. The van der Waals surface area contributed by atoms with E-state index in [0.29, 0.717) is 27.6 Å². The van der Waals surface area contributed by atoms with Crippen LogP contribution >= 0.6 is 11.6 Å². The predicted molar refractivity (Wildman–Crippen MR) is 116 cm³/mol. The summed E-state index contributed by atoms with van der Waals surface area (Å²) >= 11 is 6.11.